The summed E-state index contributed by atoms with van der Waals surface area (Å²) >= 11 is 0. The van der Waals surface area contributed by atoms with E-state index < -0.39 is 0 Å². The van der Waals surface area contributed by atoms with Crippen LogP contribution in [0.2, 0.25) is 0 Å². The van der Waals surface area contributed by atoms with Crippen molar-refractivity contribution in [3.63, 3.8) is 0 Å². The summed E-state index contributed by atoms with van der Waals surface area (Å²) < 4.78 is 0. The number of hydrogen-bond acceptors (Lipinski definition) is 2. The molecule has 0 amide bonds. The van der Waals surface area contributed by atoms with Gasteiger partial charge in [-0.15, -0.1) is 0 Å². The Labute approximate surface area is 191 Å². The lowest BCUT2D eigenvalue weighted by atomic mass is 10.0. The van der Waals surface area contributed by atoms with Crippen molar-refractivity contribution in [2.45, 2.75) is 162 Å². The van der Waals surface area contributed by atoms with Gasteiger partial charge in [0.15, 0.2) is 0 Å². The number of unbranched alkanes of at least 4 members (excludes halogenated alkanes) is 19. The molecule has 0 aromatic carbocycles. The number of rotatable bonds is 23. The van der Waals surface area contributed by atoms with E-state index >= 15 is 0 Å². The lowest BCUT2D eigenvalue weighted by molar-refractivity contribution is 0.227. The van der Waals surface area contributed by atoms with E-state index in [0.717, 1.165) is 6.42 Å². The lowest BCUT2D eigenvalue weighted by Gasteiger charge is -2.06. The molecule has 0 bridgehead atoms. The van der Waals surface area contributed by atoms with Gasteiger partial charge in [0.25, 0.3) is 0 Å². The molecule has 2 N–H and O–H groups in total. The summed E-state index contributed by atoms with van der Waals surface area (Å²) in [7, 11) is 0. The van der Waals surface area contributed by atoms with Crippen molar-refractivity contribution in [1.29, 1.82) is 0 Å². The zero-order chi connectivity index (χ0) is 22.5. The molecule has 0 aromatic rings. The molecular weight excluding hydrogens is 368 g/mol. The van der Waals surface area contributed by atoms with Crippen LogP contribution >= 0.6 is 0 Å². The number of hydrogen-bond donors (Lipinski definition) is 2. The van der Waals surface area contributed by atoms with Gasteiger partial charge in [-0.25, -0.2) is 0 Å². The average molecular weight is 429 g/mol. The lowest BCUT2D eigenvalue weighted by Crippen LogP contribution is -1.99. The highest BCUT2D eigenvalue weighted by Crippen LogP contribution is 2.13. The largest absolute Gasteiger partial charge is 0.396 e. The third-order valence-corrected chi connectivity index (χ3v) is 6.12. The Morgan fingerprint density at radius 2 is 0.733 bits per heavy atom. The summed E-state index contributed by atoms with van der Waals surface area (Å²) in [5, 5.41) is 17.5. The highest BCUT2D eigenvalue weighted by atomic mass is 16.3. The van der Waals surface area contributed by atoms with E-state index in [1.807, 2.05) is 0 Å². The van der Waals surface area contributed by atoms with Crippen molar-refractivity contribution in [2.24, 2.45) is 5.92 Å². The van der Waals surface area contributed by atoms with Gasteiger partial charge in [-0.05, 0) is 18.8 Å². The van der Waals surface area contributed by atoms with Gasteiger partial charge in [0, 0.05) is 13.2 Å². The molecule has 30 heavy (non-hydrogen) atoms. The zero-order valence-corrected chi connectivity index (χ0v) is 21.4. The van der Waals surface area contributed by atoms with E-state index in [9.17, 15) is 0 Å². The van der Waals surface area contributed by atoms with Gasteiger partial charge in [-0.3, -0.25) is 0 Å². The maximum Gasteiger partial charge on any atom is 0.0456 e. The van der Waals surface area contributed by atoms with Gasteiger partial charge in [0.2, 0.25) is 0 Å². The predicted octanol–water partition coefficient (Wildman–Crippen LogP) is 9.22. The Morgan fingerprint density at radius 1 is 0.433 bits per heavy atom. The predicted molar refractivity (Wildman–Crippen MR) is 136 cm³/mol. The van der Waals surface area contributed by atoms with Gasteiger partial charge in [0.05, 0.1) is 0 Å². The van der Waals surface area contributed by atoms with Crippen molar-refractivity contribution < 1.29 is 10.2 Å². The fraction of sp³-hybridized carbons (Fsp3) is 1.00. The van der Waals surface area contributed by atoms with E-state index in [4.69, 9.17) is 10.2 Å². The molecule has 0 aliphatic carbocycles. The first-order valence-electron chi connectivity index (χ1n) is 13.9. The van der Waals surface area contributed by atoms with Crippen LogP contribution in [0.4, 0.5) is 0 Å². The smallest absolute Gasteiger partial charge is 0.0456 e. The van der Waals surface area contributed by atoms with E-state index in [1.54, 1.807) is 0 Å². The molecule has 0 saturated carbocycles. The van der Waals surface area contributed by atoms with Crippen LogP contribution in [0.5, 0.6) is 0 Å². The van der Waals surface area contributed by atoms with Gasteiger partial charge in [-0.1, -0.05) is 149 Å². The minimum absolute atomic E-state index is 0.357. The molecule has 2 nitrogen and oxygen atoms in total. The van der Waals surface area contributed by atoms with Gasteiger partial charge >= 0.3 is 0 Å². The van der Waals surface area contributed by atoms with E-state index in [2.05, 4.69) is 20.8 Å². The van der Waals surface area contributed by atoms with Crippen LogP contribution < -0.4 is 0 Å². The van der Waals surface area contributed by atoms with Crippen molar-refractivity contribution in [3.05, 3.63) is 0 Å². The monoisotopic (exact) mass is 428 g/mol. The summed E-state index contributed by atoms with van der Waals surface area (Å²) in [5.74, 6) is 0.510. The fourth-order valence-electron chi connectivity index (χ4n) is 3.85. The van der Waals surface area contributed by atoms with Crippen LogP contribution in [-0.4, -0.2) is 23.4 Å². The van der Waals surface area contributed by atoms with Crippen molar-refractivity contribution in [1.82, 2.24) is 0 Å². The minimum atomic E-state index is 0.357. The second kappa shape index (κ2) is 31.1. The van der Waals surface area contributed by atoms with Gasteiger partial charge in [0.1, 0.15) is 0 Å². The molecular formula is C28H60O2. The van der Waals surface area contributed by atoms with Crippen LogP contribution in [0, 0.1) is 5.92 Å². The first-order chi connectivity index (χ1) is 14.7. The maximum atomic E-state index is 8.81. The van der Waals surface area contributed by atoms with Crippen LogP contribution in [0.1, 0.15) is 162 Å². The molecule has 0 aliphatic rings. The molecule has 0 rings (SSSR count). The summed E-state index contributed by atoms with van der Waals surface area (Å²) in [6.07, 6.45) is 30.0. The fourth-order valence-corrected chi connectivity index (χ4v) is 3.85. The molecule has 0 heterocycles. The van der Waals surface area contributed by atoms with Gasteiger partial charge in [-0.2, -0.15) is 0 Å². The molecule has 184 valence electrons. The van der Waals surface area contributed by atoms with Crippen molar-refractivity contribution in [3.8, 4) is 0 Å². The Kier molecular flexibility index (Phi) is 33.3. The van der Waals surface area contributed by atoms with E-state index in [1.165, 1.54) is 135 Å². The molecule has 0 saturated heterocycles. The Morgan fingerprint density at radius 3 is 1.03 bits per heavy atom. The van der Waals surface area contributed by atoms with Gasteiger partial charge < -0.3 is 10.2 Å². The first-order valence-corrected chi connectivity index (χ1v) is 13.9. The third-order valence-electron chi connectivity index (χ3n) is 6.12. The summed E-state index contributed by atoms with van der Waals surface area (Å²) in [4.78, 5) is 0. The van der Waals surface area contributed by atoms with Crippen molar-refractivity contribution >= 4 is 0 Å². The average Bonchev–Trinajstić information content (AvgIpc) is 2.76. The summed E-state index contributed by atoms with van der Waals surface area (Å²) in [6, 6.07) is 0. The van der Waals surface area contributed by atoms with Crippen LogP contribution in [0.25, 0.3) is 0 Å². The molecule has 0 radical (unpaired) electrons. The molecule has 0 spiro atoms. The first kappa shape index (κ1) is 32.1. The number of aliphatic hydroxyl groups is 2. The van der Waals surface area contributed by atoms with Crippen LogP contribution in [0.15, 0.2) is 0 Å². The Balaban J connectivity index is 0. The third kappa shape index (κ3) is 32.6. The summed E-state index contributed by atoms with van der Waals surface area (Å²) in [6.45, 7) is 7.38. The Bertz CT molecular complexity index is 253. The second-order valence-corrected chi connectivity index (χ2v) is 9.52. The van der Waals surface area contributed by atoms with Crippen LogP contribution in [-0.2, 0) is 0 Å². The standard InChI is InChI=1S/C16H34O.C12H26O/c1-2-3-4-5-6-7-8-9-10-11-12-13-14-15-16-17;1-3-4-5-6-7-8-9-10-12(2)11-13/h17H,2-16H2,1H3;12-13H,3-11H2,1-2H3. The molecule has 1 atom stereocenters. The highest BCUT2D eigenvalue weighted by Gasteiger charge is 1.98. The second-order valence-electron chi connectivity index (χ2n) is 9.52. The summed E-state index contributed by atoms with van der Waals surface area (Å²) in [5.41, 5.74) is 0. The topological polar surface area (TPSA) is 40.5 Å². The molecule has 2 heteroatoms. The normalized spacial score (nSPS) is 11.9. The molecule has 0 aliphatic heterocycles. The van der Waals surface area contributed by atoms with E-state index in [-0.39, 0.29) is 0 Å². The van der Waals surface area contributed by atoms with Crippen molar-refractivity contribution in [2.75, 3.05) is 13.2 Å². The molecule has 0 aromatic heterocycles. The van der Waals surface area contributed by atoms with Crippen LogP contribution in [0.3, 0.4) is 0 Å². The minimum Gasteiger partial charge on any atom is -0.396 e. The SMILES string of the molecule is CCCCCCCCCC(C)CO.CCCCCCCCCCCCCCCCO. The quantitative estimate of drug-likeness (QED) is 0.159. The highest BCUT2D eigenvalue weighted by molar-refractivity contribution is 4.52. The molecule has 1 unspecified atom stereocenters. The maximum absolute atomic E-state index is 8.81. The zero-order valence-electron chi connectivity index (χ0n) is 21.4. The van der Waals surface area contributed by atoms with E-state index in [0.29, 0.717) is 19.1 Å². The Hall–Kier alpha value is -0.0800. The number of aliphatic hydroxyl groups excluding tert-OH is 2. The molecule has 0 fully saturated rings.